The fraction of sp³-hybridized carbons (Fsp3) is 0.316. The van der Waals surface area contributed by atoms with Crippen LogP contribution in [-0.4, -0.2) is 22.2 Å². The number of hydrogen-bond donors (Lipinski definition) is 1. The summed E-state index contributed by atoms with van der Waals surface area (Å²) < 4.78 is 0. The van der Waals surface area contributed by atoms with Crippen molar-refractivity contribution in [2.45, 2.75) is 38.6 Å². The Morgan fingerprint density at radius 2 is 1.78 bits per heavy atom. The van der Waals surface area contributed by atoms with Gasteiger partial charge in [0.2, 0.25) is 5.91 Å². The number of hydrogen-bond acceptors (Lipinski definition) is 3. The van der Waals surface area contributed by atoms with Gasteiger partial charge in [0, 0.05) is 36.3 Å². The van der Waals surface area contributed by atoms with E-state index < -0.39 is 0 Å². The molecule has 1 aromatic heterocycles. The lowest BCUT2D eigenvalue weighted by atomic mass is 9.94. The maximum atomic E-state index is 12.1. The molecule has 23 heavy (non-hydrogen) atoms. The van der Waals surface area contributed by atoms with Crippen molar-refractivity contribution in [2.24, 2.45) is 0 Å². The van der Waals surface area contributed by atoms with Crippen LogP contribution in [-0.2, 0) is 11.2 Å². The lowest BCUT2D eigenvalue weighted by Crippen LogP contribution is -2.45. The molecule has 2 aromatic rings. The summed E-state index contributed by atoms with van der Waals surface area (Å²) in [4.78, 5) is 28.0. The van der Waals surface area contributed by atoms with Crippen LogP contribution in [0.3, 0.4) is 0 Å². The second-order valence-corrected chi connectivity index (χ2v) is 6.26. The highest BCUT2D eigenvalue weighted by molar-refractivity contribution is 5.97. The molecule has 0 aliphatic heterocycles. The molecule has 0 fully saturated rings. The summed E-state index contributed by atoms with van der Waals surface area (Å²) in [5.41, 5.74) is 1.36. The Kier molecular flexibility index (Phi) is 5.63. The normalized spacial score (nSPS) is 11.0. The van der Waals surface area contributed by atoms with E-state index in [-0.39, 0.29) is 30.1 Å². The predicted molar refractivity (Wildman–Crippen MR) is 90.2 cm³/mol. The molecule has 0 aliphatic carbocycles. The summed E-state index contributed by atoms with van der Waals surface area (Å²) >= 11 is 0. The third-order valence-corrected chi connectivity index (χ3v) is 3.53. The van der Waals surface area contributed by atoms with Crippen molar-refractivity contribution in [2.75, 3.05) is 0 Å². The summed E-state index contributed by atoms with van der Waals surface area (Å²) in [5, 5.41) is 3.00. The topological polar surface area (TPSA) is 59.1 Å². The number of benzene rings is 1. The van der Waals surface area contributed by atoms with Gasteiger partial charge in [0.1, 0.15) is 0 Å². The molecule has 1 heterocycles. The number of pyridine rings is 1. The monoisotopic (exact) mass is 310 g/mol. The molecule has 2 rings (SSSR count). The molecule has 0 saturated heterocycles. The molecule has 1 N–H and O–H groups in total. The molecule has 0 atom stereocenters. The van der Waals surface area contributed by atoms with E-state index in [1.165, 1.54) is 11.8 Å². The van der Waals surface area contributed by atoms with E-state index in [2.05, 4.69) is 10.3 Å². The van der Waals surface area contributed by atoms with Gasteiger partial charge in [-0.1, -0.05) is 30.3 Å². The average Bonchev–Trinajstić information content (AvgIpc) is 2.53. The number of amides is 1. The number of ketones is 1. The first-order valence-corrected chi connectivity index (χ1v) is 7.74. The summed E-state index contributed by atoms with van der Waals surface area (Å²) in [7, 11) is 0. The number of Topliss-reactive ketones (excluding diaryl/α,β-unsaturated/α-hetero) is 1. The highest BCUT2D eigenvalue weighted by atomic mass is 16.2. The van der Waals surface area contributed by atoms with E-state index in [0.717, 1.165) is 6.42 Å². The van der Waals surface area contributed by atoms with Crippen LogP contribution in [0.2, 0.25) is 0 Å². The van der Waals surface area contributed by atoms with Crippen LogP contribution >= 0.6 is 0 Å². The van der Waals surface area contributed by atoms with Crippen LogP contribution in [0.5, 0.6) is 0 Å². The Morgan fingerprint density at radius 1 is 1.04 bits per heavy atom. The van der Waals surface area contributed by atoms with Gasteiger partial charge in [-0.25, -0.2) is 0 Å². The molecule has 0 bridgehead atoms. The minimum absolute atomic E-state index is 0.0610. The third kappa shape index (κ3) is 5.66. The van der Waals surface area contributed by atoms with Crippen LogP contribution in [0, 0.1) is 0 Å². The molecule has 0 spiro atoms. The molecule has 0 unspecified atom stereocenters. The van der Waals surface area contributed by atoms with E-state index in [9.17, 15) is 9.59 Å². The Balaban J connectivity index is 1.83. The van der Waals surface area contributed by atoms with Crippen molar-refractivity contribution >= 4 is 11.7 Å². The smallest absolute Gasteiger partial charge is 0.220 e. The van der Waals surface area contributed by atoms with Gasteiger partial charge in [-0.15, -0.1) is 0 Å². The van der Waals surface area contributed by atoms with E-state index in [0.29, 0.717) is 5.56 Å². The second kappa shape index (κ2) is 7.68. The molecular formula is C19H22N2O2. The minimum Gasteiger partial charge on any atom is -0.351 e. The van der Waals surface area contributed by atoms with Gasteiger partial charge in [-0.05, 0) is 38.0 Å². The number of carbonyl (C=O) groups is 2. The standard InChI is InChI=1S/C19H22N2O2/c1-19(2,13-15-7-4-3-5-8-15)21-18(23)11-10-17(22)16-9-6-12-20-14-16/h3-9,12,14H,10-11,13H2,1-2H3,(H,21,23). The number of rotatable bonds is 7. The number of nitrogens with one attached hydrogen (secondary N) is 1. The zero-order valence-corrected chi connectivity index (χ0v) is 13.6. The van der Waals surface area contributed by atoms with Crippen LogP contribution in [0.25, 0.3) is 0 Å². The average molecular weight is 310 g/mol. The van der Waals surface area contributed by atoms with Crippen LogP contribution in [0.1, 0.15) is 42.6 Å². The van der Waals surface area contributed by atoms with Crippen LogP contribution < -0.4 is 5.32 Å². The van der Waals surface area contributed by atoms with Crippen LogP contribution in [0.4, 0.5) is 0 Å². The SMILES string of the molecule is CC(C)(Cc1ccccc1)NC(=O)CCC(=O)c1cccnc1. The van der Waals surface area contributed by atoms with Gasteiger partial charge in [0.25, 0.3) is 0 Å². The molecule has 0 radical (unpaired) electrons. The summed E-state index contributed by atoms with van der Waals surface area (Å²) in [6.45, 7) is 3.97. The predicted octanol–water partition coefficient (Wildman–Crippen LogP) is 3.18. The summed E-state index contributed by atoms with van der Waals surface area (Å²) in [5.74, 6) is -0.169. The van der Waals surface area contributed by atoms with Gasteiger partial charge in [0.05, 0.1) is 0 Å². The summed E-state index contributed by atoms with van der Waals surface area (Å²) in [6.07, 6.45) is 4.27. The van der Waals surface area contributed by atoms with Gasteiger partial charge in [-0.2, -0.15) is 0 Å². The Labute approximate surface area is 137 Å². The molecule has 120 valence electrons. The second-order valence-electron chi connectivity index (χ2n) is 6.26. The molecule has 0 saturated carbocycles. The van der Waals surface area contributed by atoms with E-state index in [1.54, 1.807) is 18.3 Å². The maximum absolute atomic E-state index is 12.1. The molecule has 1 aromatic carbocycles. The largest absolute Gasteiger partial charge is 0.351 e. The molecule has 4 nitrogen and oxygen atoms in total. The van der Waals surface area contributed by atoms with Crippen molar-refractivity contribution in [3.63, 3.8) is 0 Å². The lowest BCUT2D eigenvalue weighted by Gasteiger charge is -2.26. The fourth-order valence-electron chi connectivity index (χ4n) is 2.49. The molecule has 0 aliphatic rings. The van der Waals surface area contributed by atoms with Crippen LogP contribution in [0.15, 0.2) is 54.9 Å². The number of carbonyl (C=O) groups excluding carboxylic acids is 2. The molecule has 4 heteroatoms. The van der Waals surface area contributed by atoms with Crippen molar-refractivity contribution in [1.29, 1.82) is 0 Å². The third-order valence-electron chi connectivity index (χ3n) is 3.53. The Morgan fingerprint density at radius 3 is 2.43 bits per heavy atom. The van der Waals surface area contributed by atoms with Gasteiger partial charge >= 0.3 is 0 Å². The minimum atomic E-state index is -0.351. The van der Waals surface area contributed by atoms with Gasteiger partial charge < -0.3 is 5.32 Å². The zero-order valence-electron chi connectivity index (χ0n) is 13.6. The van der Waals surface area contributed by atoms with Crippen molar-refractivity contribution < 1.29 is 9.59 Å². The van der Waals surface area contributed by atoms with Crippen molar-refractivity contribution in [1.82, 2.24) is 10.3 Å². The highest BCUT2D eigenvalue weighted by Gasteiger charge is 2.21. The van der Waals surface area contributed by atoms with Crippen molar-refractivity contribution in [3.8, 4) is 0 Å². The zero-order chi connectivity index (χ0) is 16.7. The summed E-state index contributed by atoms with van der Waals surface area (Å²) in [6, 6.07) is 13.5. The number of aromatic nitrogens is 1. The van der Waals surface area contributed by atoms with E-state index in [4.69, 9.17) is 0 Å². The van der Waals surface area contributed by atoms with E-state index >= 15 is 0 Å². The first-order valence-electron chi connectivity index (χ1n) is 7.74. The maximum Gasteiger partial charge on any atom is 0.220 e. The quantitative estimate of drug-likeness (QED) is 0.799. The van der Waals surface area contributed by atoms with Gasteiger partial charge in [-0.3, -0.25) is 14.6 Å². The van der Waals surface area contributed by atoms with Crippen molar-refractivity contribution in [3.05, 3.63) is 66.0 Å². The fourth-order valence-corrected chi connectivity index (χ4v) is 2.49. The number of nitrogens with zero attached hydrogens (tertiary/aromatic N) is 1. The van der Waals surface area contributed by atoms with Gasteiger partial charge in [0.15, 0.2) is 5.78 Å². The molecule has 1 amide bonds. The Hall–Kier alpha value is -2.49. The first-order chi connectivity index (χ1) is 11.0. The Bertz CT molecular complexity index is 652. The highest BCUT2D eigenvalue weighted by Crippen LogP contribution is 2.13. The lowest BCUT2D eigenvalue weighted by molar-refractivity contribution is -0.122. The van der Waals surface area contributed by atoms with E-state index in [1.807, 2.05) is 44.2 Å². The molecular weight excluding hydrogens is 288 g/mol. The first kappa shape index (κ1) is 16.9.